The number of aromatic carboxylic acids is 1. The molecule has 0 saturated heterocycles. The van der Waals surface area contributed by atoms with Gasteiger partial charge in [0.15, 0.2) is 11.4 Å². The maximum atomic E-state index is 13.7. The molecule has 1 aromatic heterocycles. The topological polar surface area (TPSA) is 106 Å². The fraction of sp³-hybridized carbons (Fsp3) is 0.238. The zero-order valence-electron chi connectivity index (χ0n) is 17.1. The van der Waals surface area contributed by atoms with Gasteiger partial charge in [-0.3, -0.25) is 4.79 Å². The van der Waals surface area contributed by atoms with Crippen molar-refractivity contribution in [1.82, 2.24) is 20.3 Å². The number of carbonyl (C=O) groups excluding carboxylic acids is 1. The lowest BCUT2D eigenvalue weighted by molar-refractivity contribution is -0.144. The van der Waals surface area contributed by atoms with Crippen molar-refractivity contribution in [2.24, 2.45) is 0 Å². The summed E-state index contributed by atoms with van der Waals surface area (Å²) in [4.78, 5) is 23.5. The molecule has 0 aliphatic rings. The average molecular weight is 466 g/mol. The van der Waals surface area contributed by atoms with Gasteiger partial charge >= 0.3 is 12.1 Å². The van der Waals surface area contributed by atoms with Gasteiger partial charge in [0.2, 0.25) is 0 Å². The Bertz CT molecular complexity index is 1130. The minimum atomic E-state index is -4.92. The Morgan fingerprint density at radius 2 is 1.76 bits per heavy atom. The van der Waals surface area contributed by atoms with Gasteiger partial charge in [-0.1, -0.05) is 17.3 Å². The Hall–Kier alpha value is -3.96. The van der Waals surface area contributed by atoms with Gasteiger partial charge in [0.05, 0.1) is 18.2 Å². The number of carboxylic acids is 1. The average Bonchev–Trinajstić information content (AvgIpc) is 3.20. The third kappa shape index (κ3) is 5.84. The maximum absolute atomic E-state index is 13.7. The number of nitrogens with zero attached hydrogens (tertiary/aromatic N) is 3. The molecule has 0 unspecified atom stereocenters. The normalized spacial score (nSPS) is 12.3. The van der Waals surface area contributed by atoms with Gasteiger partial charge in [-0.15, -0.1) is 5.10 Å². The van der Waals surface area contributed by atoms with Crippen LogP contribution < -0.4 is 10.1 Å². The summed E-state index contributed by atoms with van der Waals surface area (Å²) in [5, 5.41) is 18.2. The molecule has 12 heteroatoms. The van der Waals surface area contributed by atoms with Crippen LogP contribution in [-0.2, 0) is 12.7 Å². The smallest absolute Gasteiger partial charge is 0.435 e. The van der Waals surface area contributed by atoms with E-state index in [0.29, 0.717) is 10.2 Å². The Morgan fingerprint density at radius 3 is 2.33 bits per heavy atom. The molecule has 174 valence electrons. The summed E-state index contributed by atoms with van der Waals surface area (Å²) in [7, 11) is 0. The first-order valence-electron chi connectivity index (χ1n) is 9.59. The van der Waals surface area contributed by atoms with Gasteiger partial charge in [-0.05, 0) is 48.9 Å². The molecule has 3 aromatic rings. The van der Waals surface area contributed by atoms with E-state index in [-0.39, 0.29) is 24.5 Å². The first kappa shape index (κ1) is 23.7. The number of carboxylic acid groups (broad SMARTS) is 1. The molecule has 0 spiro atoms. The molecule has 0 radical (unpaired) electrons. The number of ether oxygens (including phenoxy) is 1. The molecule has 2 aromatic carbocycles. The fourth-order valence-corrected chi connectivity index (χ4v) is 2.95. The Balaban J connectivity index is 1.72. The van der Waals surface area contributed by atoms with Gasteiger partial charge in [-0.2, -0.15) is 13.2 Å². The van der Waals surface area contributed by atoms with Crippen LogP contribution in [0.2, 0.25) is 0 Å². The molecule has 1 atom stereocenters. The number of alkyl halides is 3. The maximum Gasteiger partial charge on any atom is 0.435 e. The number of aromatic nitrogens is 3. The number of hydrogen-bond donors (Lipinski definition) is 2. The predicted molar refractivity (Wildman–Crippen MR) is 106 cm³/mol. The summed E-state index contributed by atoms with van der Waals surface area (Å²) in [6, 6.07) is 9.74. The third-order valence-corrected chi connectivity index (χ3v) is 4.61. The number of hydrogen-bond acceptors (Lipinski definition) is 5. The number of benzene rings is 2. The largest absolute Gasteiger partial charge is 0.492 e. The molecular weight excluding hydrogens is 448 g/mol. The molecule has 3 rings (SSSR count). The summed E-state index contributed by atoms with van der Waals surface area (Å²) in [6.45, 7) is 0.937. The molecule has 0 saturated carbocycles. The Morgan fingerprint density at radius 1 is 1.12 bits per heavy atom. The van der Waals surface area contributed by atoms with E-state index in [2.05, 4.69) is 15.6 Å². The van der Waals surface area contributed by atoms with E-state index in [9.17, 15) is 27.2 Å². The van der Waals surface area contributed by atoms with Gasteiger partial charge in [0.1, 0.15) is 18.2 Å². The van der Waals surface area contributed by atoms with Crippen molar-refractivity contribution in [2.75, 3.05) is 6.61 Å². The number of amides is 1. The summed E-state index contributed by atoms with van der Waals surface area (Å²) in [5.41, 5.74) is -1.72. The Kier molecular flexibility index (Phi) is 6.95. The van der Waals surface area contributed by atoms with Crippen LogP contribution in [0.15, 0.2) is 48.5 Å². The molecule has 0 fully saturated rings. The van der Waals surface area contributed by atoms with E-state index in [1.807, 2.05) is 0 Å². The second kappa shape index (κ2) is 9.67. The highest BCUT2D eigenvalue weighted by Crippen LogP contribution is 2.31. The van der Waals surface area contributed by atoms with Crippen LogP contribution in [-0.4, -0.2) is 38.6 Å². The molecule has 1 amide bonds. The predicted octanol–water partition coefficient (Wildman–Crippen LogP) is 3.70. The molecular formula is C21H18F4N4O4. The summed E-state index contributed by atoms with van der Waals surface area (Å²) in [5.74, 6) is -2.46. The van der Waals surface area contributed by atoms with E-state index < -0.39 is 41.3 Å². The first-order valence-corrected chi connectivity index (χ1v) is 9.59. The highest BCUT2D eigenvalue weighted by atomic mass is 19.4. The van der Waals surface area contributed by atoms with Crippen LogP contribution in [0, 0.1) is 5.82 Å². The molecule has 2 N–H and O–H groups in total. The van der Waals surface area contributed by atoms with Gasteiger partial charge in [0, 0.05) is 0 Å². The van der Waals surface area contributed by atoms with Crippen molar-refractivity contribution in [3.8, 4) is 5.75 Å². The standard InChI is InChI=1S/C21H18F4N4O4/c1-12(13-2-4-14(5-3-13)20(31)32)26-19(30)17-18(21(23,24)25)29(28-27-17)10-11-33-16-8-6-15(22)7-9-16/h2-9,12H,10-11H2,1H3,(H,26,30)(H,31,32)/t12-/m0/s1. The minimum Gasteiger partial charge on any atom is -0.492 e. The highest BCUT2D eigenvalue weighted by molar-refractivity contribution is 5.93. The van der Waals surface area contributed by atoms with E-state index in [1.165, 1.54) is 43.3 Å². The number of halogens is 4. The monoisotopic (exact) mass is 466 g/mol. The third-order valence-electron chi connectivity index (χ3n) is 4.61. The molecule has 0 bridgehead atoms. The number of carbonyl (C=O) groups is 2. The van der Waals surface area contributed by atoms with Crippen molar-refractivity contribution in [3.05, 3.63) is 76.9 Å². The van der Waals surface area contributed by atoms with Gasteiger partial charge in [0.25, 0.3) is 5.91 Å². The van der Waals surface area contributed by atoms with Crippen LogP contribution in [0.1, 0.15) is 45.1 Å². The summed E-state index contributed by atoms with van der Waals surface area (Å²) in [6.07, 6.45) is -4.92. The van der Waals surface area contributed by atoms with Crippen LogP contribution in [0.25, 0.3) is 0 Å². The van der Waals surface area contributed by atoms with Crippen molar-refractivity contribution in [1.29, 1.82) is 0 Å². The minimum absolute atomic E-state index is 0.0300. The Labute approximate surface area is 184 Å². The van der Waals surface area contributed by atoms with Crippen LogP contribution in [0.5, 0.6) is 5.75 Å². The molecule has 0 aliphatic heterocycles. The van der Waals surface area contributed by atoms with Crippen molar-refractivity contribution in [2.45, 2.75) is 25.7 Å². The fourth-order valence-electron chi connectivity index (χ4n) is 2.95. The van der Waals surface area contributed by atoms with E-state index in [4.69, 9.17) is 9.84 Å². The number of nitrogens with one attached hydrogen (secondary N) is 1. The zero-order valence-corrected chi connectivity index (χ0v) is 17.1. The van der Waals surface area contributed by atoms with Crippen molar-refractivity contribution >= 4 is 11.9 Å². The van der Waals surface area contributed by atoms with Crippen molar-refractivity contribution < 1.29 is 37.0 Å². The lowest BCUT2D eigenvalue weighted by Gasteiger charge is -2.15. The lowest BCUT2D eigenvalue weighted by Crippen LogP contribution is -2.30. The molecule has 1 heterocycles. The highest BCUT2D eigenvalue weighted by Gasteiger charge is 2.41. The van der Waals surface area contributed by atoms with E-state index >= 15 is 0 Å². The second-order valence-electron chi connectivity index (χ2n) is 6.93. The molecule has 0 aliphatic carbocycles. The number of rotatable bonds is 8. The summed E-state index contributed by atoms with van der Waals surface area (Å²) >= 11 is 0. The van der Waals surface area contributed by atoms with Crippen LogP contribution >= 0.6 is 0 Å². The van der Waals surface area contributed by atoms with Crippen molar-refractivity contribution in [3.63, 3.8) is 0 Å². The van der Waals surface area contributed by atoms with Gasteiger partial charge in [-0.25, -0.2) is 13.9 Å². The van der Waals surface area contributed by atoms with Gasteiger partial charge < -0.3 is 15.2 Å². The summed E-state index contributed by atoms with van der Waals surface area (Å²) < 4.78 is 59.7. The quantitative estimate of drug-likeness (QED) is 0.491. The molecule has 33 heavy (non-hydrogen) atoms. The SMILES string of the molecule is C[C@H](NC(=O)c1nnn(CCOc2ccc(F)cc2)c1C(F)(F)F)c1ccc(C(=O)O)cc1. The zero-order chi connectivity index (χ0) is 24.2. The second-order valence-corrected chi connectivity index (χ2v) is 6.93. The van der Waals surface area contributed by atoms with Crippen LogP contribution in [0.3, 0.4) is 0 Å². The molecule has 8 nitrogen and oxygen atoms in total. The first-order chi connectivity index (χ1) is 15.6. The lowest BCUT2D eigenvalue weighted by atomic mass is 10.1. The van der Waals surface area contributed by atoms with E-state index in [0.717, 1.165) is 12.1 Å². The van der Waals surface area contributed by atoms with Crippen LogP contribution in [0.4, 0.5) is 17.6 Å². The van der Waals surface area contributed by atoms with E-state index in [1.54, 1.807) is 0 Å².